The molecule has 0 spiro atoms. The van der Waals surface area contributed by atoms with Crippen LogP contribution in [-0.4, -0.2) is 31.4 Å². The van der Waals surface area contributed by atoms with Gasteiger partial charge in [0.05, 0.1) is 4.90 Å². The zero-order valence-electron chi connectivity index (χ0n) is 12.6. The van der Waals surface area contributed by atoms with Crippen LogP contribution in [0.5, 0.6) is 0 Å². The number of nitrogens with one attached hydrogen (secondary N) is 1. The van der Waals surface area contributed by atoms with Crippen LogP contribution >= 0.6 is 0 Å². The van der Waals surface area contributed by atoms with Crippen molar-refractivity contribution < 1.29 is 8.42 Å². The first-order valence-corrected chi connectivity index (χ1v) is 9.39. The third-order valence-electron chi connectivity index (χ3n) is 4.08. The maximum atomic E-state index is 12.8. The number of hydrogen-bond donors (Lipinski definition) is 1. The second-order valence-electron chi connectivity index (χ2n) is 6.15. The second kappa shape index (κ2) is 6.07. The van der Waals surface area contributed by atoms with Crippen LogP contribution in [-0.2, 0) is 16.6 Å². The van der Waals surface area contributed by atoms with Gasteiger partial charge in [0.2, 0.25) is 10.0 Å². The molecular formula is C16H24N2O2S. The topological polar surface area (TPSA) is 49.4 Å². The second-order valence-corrected chi connectivity index (χ2v) is 8.04. The molecule has 0 amide bonds. The third-order valence-corrected chi connectivity index (χ3v) is 6.02. The maximum absolute atomic E-state index is 12.8. The Morgan fingerprint density at radius 1 is 1.24 bits per heavy atom. The van der Waals surface area contributed by atoms with E-state index in [4.69, 9.17) is 0 Å². The van der Waals surface area contributed by atoms with E-state index in [0.717, 1.165) is 31.4 Å². The van der Waals surface area contributed by atoms with Crippen molar-refractivity contribution in [2.75, 3.05) is 6.54 Å². The fraction of sp³-hybridized carbons (Fsp3) is 0.625. The molecule has 2 fully saturated rings. The molecule has 1 aromatic rings. The molecule has 0 saturated heterocycles. The minimum Gasteiger partial charge on any atom is -0.310 e. The van der Waals surface area contributed by atoms with E-state index in [2.05, 4.69) is 5.32 Å². The predicted octanol–water partition coefficient (Wildman–Crippen LogP) is 2.50. The Kier molecular flexibility index (Phi) is 4.33. The molecule has 5 heteroatoms. The molecule has 3 rings (SSSR count). The van der Waals surface area contributed by atoms with Gasteiger partial charge in [-0.1, -0.05) is 19.1 Å². The number of benzene rings is 1. The molecule has 0 aliphatic heterocycles. The lowest BCUT2D eigenvalue weighted by atomic mass is 10.2. The quantitative estimate of drug-likeness (QED) is 0.803. The molecule has 21 heavy (non-hydrogen) atoms. The smallest absolute Gasteiger partial charge is 0.243 e. The molecule has 2 saturated carbocycles. The standard InChI is InChI=1S/C16H24N2O2S/c1-2-10-18(15-8-9-15)21(19,20)16-5-3-4-13(11-16)12-17-14-6-7-14/h3-5,11,14-15,17H,2,6-10,12H2,1H3. The van der Waals surface area contributed by atoms with Crippen molar-refractivity contribution in [2.45, 2.75) is 62.6 Å². The SMILES string of the molecule is CCCN(C1CC1)S(=O)(=O)c1cccc(CNC2CC2)c1. The highest BCUT2D eigenvalue weighted by molar-refractivity contribution is 7.89. The average Bonchev–Trinajstić information content (AvgIpc) is 3.37. The summed E-state index contributed by atoms with van der Waals surface area (Å²) in [7, 11) is -3.34. The van der Waals surface area contributed by atoms with E-state index < -0.39 is 10.0 Å². The van der Waals surface area contributed by atoms with E-state index in [-0.39, 0.29) is 6.04 Å². The Morgan fingerprint density at radius 3 is 2.62 bits per heavy atom. The Bertz CT molecular complexity index is 592. The third kappa shape index (κ3) is 3.65. The summed E-state index contributed by atoms with van der Waals surface area (Å²) >= 11 is 0. The van der Waals surface area contributed by atoms with Gasteiger partial charge in [-0.3, -0.25) is 0 Å². The van der Waals surface area contributed by atoms with Gasteiger partial charge in [0.15, 0.2) is 0 Å². The number of sulfonamides is 1. The molecule has 2 aliphatic rings. The normalized spacial score (nSPS) is 19.1. The Morgan fingerprint density at radius 2 is 2.00 bits per heavy atom. The van der Waals surface area contributed by atoms with Crippen LogP contribution in [0, 0.1) is 0 Å². The monoisotopic (exact) mass is 308 g/mol. The highest BCUT2D eigenvalue weighted by Crippen LogP contribution is 2.32. The molecule has 1 aromatic carbocycles. The van der Waals surface area contributed by atoms with Crippen LogP contribution < -0.4 is 5.32 Å². The molecule has 4 nitrogen and oxygen atoms in total. The summed E-state index contributed by atoms with van der Waals surface area (Å²) in [6.45, 7) is 3.41. The molecule has 0 heterocycles. The summed E-state index contributed by atoms with van der Waals surface area (Å²) in [5.74, 6) is 0. The molecule has 2 aliphatic carbocycles. The summed E-state index contributed by atoms with van der Waals surface area (Å²) in [6.07, 6.45) is 5.34. The van der Waals surface area contributed by atoms with Crippen molar-refractivity contribution in [3.8, 4) is 0 Å². The molecule has 0 unspecified atom stereocenters. The zero-order chi connectivity index (χ0) is 14.9. The Hall–Kier alpha value is -0.910. The molecule has 0 radical (unpaired) electrons. The van der Waals surface area contributed by atoms with Gasteiger partial charge in [0.25, 0.3) is 0 Å². The molecule has 0 aromatic heterocycles. The van der Waals surface area contributed by atoms with Crippen molar-refractivity contribution in [3.63, 3.8) is 0 Å². The van der Waals surface area contributed by atoms with Crippen LogP contribution in [0.4, 0.5) is 0 Å². The highest BCUT2D eigenvalue weighted by Gasteiger charge is 2.37. The van der Waals surface area contributed by atoms with Gasteiger partial charge in [0.1, 0.15) is 0 Å². The largest absolute Gasteiger partial charge is 0.310 e. The minimum atomic E-state index is -3.34. The van der Waals surface area contributed by atoms with Crippen molar-refractivity contribution in [1.82, 2.24) is 9.62 Å². The van der Waals surface area contributed by atoms with E-state index in [1.54, 1.807) is 10.4 Å². The van der Waals surface area contributed by atoms with E-state index in [1.165, 1.54) is 12.8 Å². The fourth-order valence-electron chi connectivity index (χ4n) is 2.58. The first-order valence-electron chi connectivity index (χ1n) is 7.95. The van der Waals surface area contributed by atoms with E-state index in [1.807, 2.05) is 25.1 Å². The van der Waals surface area contributed by atoms with Crippen LogP contribution in [0.25, 0.3) is 0 Å². The number of hydrogen-bond acceptors (Lipinski definition) is 3. The predicted molar refractivity (Wildman–Crippen MR) is 83.5 cm³/mol. The van der Waals surface area contributed by atoms with Gasteiger partial charge in [-0.2, -0.15) is 4.31 Å². The fourth-order valence-corrected chi connectivity index (χ4v) is 4.43. The van der Waals surface area contributed by atoms with E-state index in [9.17, 15) is 8.42 Å². The molecule has 0 atom stereocenters. The molecular weight excluding hydrogens is 284 g/mol. The number of rotatable bonds is 8. The van der Waals surface area contributed by atoms with Gasteiger partial charge in [-0.25, -0.2) is 8.42 Å². The van der Waals surface area contributed by atoms with Crippen LogP contribution in [0.1, 0.15) is 44.6 Å². The average molecular weight is 308 g/mol. The van der Waals surface area contributed by atoms with Gasteiger partial charge in [-0.05, 0) is 49.8 Å². The Labute approximate surface area is 127 Å². The van der Waals surface area contributed by atoms with E-state index >= 15 is 0 Å². The summed E-state index contributed by atoms with van der Waals surface area (Å²) in [4.78, 5) is 0.443. The van der Waals surface area contributed by atoms with E-state index in [0.29, 0.717) is 17.5 Å². The van der Waals surface area contributed by atoms with Crippen LogP contribution in [0.15, 0.2) is 29.2 Å². The lowest BCUT2D eigenvalue weighted by Gasteiger charge is -2.21. The first-order chi connectivity index (χ1) is 10.1. The molecule has 116 valence electrons. The van der Waals surface area contributed by atoms with Crippen molar-refractivity contribution in [3.05, 3.63) is 29.8 Å². The highest BCUT2D eigenvalue weighted by atomic mass is 32.2. The molecule has 0 bridgehead atoms. The lowest BCUT2D eigenvalue weighted by molar-refractivity contribution is 0.403. The minimum absolute atomic E-state index is 0.225. The number of nitrogens with zero attached hydrogens (tertiary/aromatic N) is 1. The Balaban J connectivity index is 1.78. The lowest BCUT2D eigenvalue weighted by Crippen LogP contribution is -2.33. The van der Waals surface area contributed by atoms with Gasteiger partial charge in [-0.15, -0.1) is 0 Å². The van der Waals surface area contributed by atoms with Gasteiger partial charge in [0, 0.05) is 25.2 Å². The summed E-state index contributed by atoms with van der Waals surface area (Å²) in [5, 5.41) is 3.43. The van der Waals surface area contributed by atoms with Gasteiger partial charge < -0.3 is 5.32 Å². The molecule has 1 N–H and O–H groups in total. The summed E-state index contributed by atoms with van der Waals surface area (Å²) < 4.78 is 27.3. The maximum Gasteiger partial charge on any atom is 0.243 e. The van der Waals surface area contributed by atoms with Gasteiger partial charge >= 0.3 is 0 Å². The first kappa shape index (κ1) is 15.0. The van der Waals surface area contributed by atoms with Crippen molar-refractivity contribution >= 4 is 10.0 Å². The van der Waals surface area contributed by atoms with Crippen molar-refractivity contribution in [2.24, 2.45) is 0 Å². The van der Waals surface area contributed by atoms with Crippen LogP contribution in [0.2, 0.25) is 0 Å². The zero-order valence-corrected chi connectivity index (χ0v) is 13.4. The van der Waals surface area contributed by atoms with Crippen molar-refractivity contribution in [1.29, 1.82) is 0 Å². The summed E-state index contributed by atoms with van der Waals surface area (Å²) in [5.41, 5.74) is 1.05. The van der Waals surface area contributed by atoms with Crippen LogP contribution in [0.3, 0.4) is 0 Å². The summed E-state index contributed by atoms with van der Waals surface area (Å²) in [6, 6.07) is 8.26.